The molecule has 258 valence electrons. The normalized spacial score (nSPS) is 27.5. The maximum Gasteiger partial charge on any atom is 0.417 e. The fourth-order valence-corrected chi connectivity index (χ4v) is 8.28. The molecule has 7 rings (SSSR count). The topological polar surface area (TPSA) is 138 Å². The van der Waals surface area contributed by atoms with Crippen molar-refractivity contribution in [2.45, 2.75) is 24.4 Å². The van der Waals surface area contributed by atoms with Crippen LogP contribution in [0.3, 0.4) is 0 Å². The van der Waals surface area contributed by atoms with Gasteiger partial charge < -0.3 is 9.84 Å². The fraction of sp³-hybridized carbons (Fsp3) is 0.286. The summed E-state index contributed by atoms with van der Waals surface area (Å²) in [5.74, 6) is -6.63. The van der Waals surface area contributed by atoms with Gasteiger partial charge in [0.2, 0.25) is 11.8 Å². The van der Waals surface area contributed by atoms with Gasteiger partial charge in [-0.1, -0.05) is 65.2 Å². The smallest absolute Gasteiger partial charge is 0.417 e. The number of imide groups is 2. The van der Waals surface area contributed by atoms with Gasteiger partial charge in [-0.15, -0.1) is 0 Å². The van der Waals surface area contributed by atoms with Crippen LogP contribution in [0.1, 0.15) is 29.5 Å². The minimum Gasteiger partial charge on any atom is -0.504 e. The van der Waals surface area contributed by atoms with Gasteiger partial charge in [-0.25, -0.2) is 4.98 Å². The second-order valence-electron chi connectivity index (χ2n) is 12.6. The first-order valence-electron chi connectivity index (χ1n) is 15.5. The molecule has 6 atom stereocenters. The SMILES string of the molecule is COc1cc(C=CC2C3=CCC4C(=O)NC(=O)C4C3CC3C(=O)N(Nc4ncc(C(F)(F)F)cc4Cl)C(=O)C23c2ccc(Cl)cc2)ccc1O. The highest BCUT2D eigenvalue weighted by molar-refractivity contribution is 6.33. The molecule has 4 amide bonds. The molecule has 2 aliphatic carbocycles. The number of pyridine rings is 1. The second kappa shape index (κ2) is 12.2. The lowest BCUT2D eigenvalue weighted by atomic mass is 9.50. The molecule has 0 radical (unpaired) electrons. The van der Waals surface area contributed by atoms with E-state index in [1.807, 2.05) is 6.08 Å². The van der Waals surface area contributed by atoms with E-state index < -0.39 is 75.4 Å². The Labute approximate surface area is 292 Å². The van der Waals surface area contributed by atoms with Crippen LogP contribution in [0.4, 0.5) is 19.0 Å². The Morgan fingerprint density at radius 2 is 1.80 bits per heavy atom. The van der Waals surface area contributed by atoms with Gasteiger partial charge in [0.15, 0.2) is 17.3 Å². The highest BCUT2D eigenvalue weighted by Crippen LogP contribution is 2.61. The van der Waals surface area contributed by atoms with E-state index in [2.05, 4.69) is 15.7 Å². The zero-order chi connectivity index (χ0) is 35.7. The van der Waals surface area contributed by atoms with Crippen molar-refractivity contribution >= 4 is 58.7 Å². The first-order valence-corrected chi connectivity index (χ1v) is 16.2. The third kappa shape index (κ3) is 5.21. The number of anilines is 1. The summed E-state index contributed by atoms with van der Waals surface area (Å²) in [6.07, 6.45) is 1.34. The second-order valence-corrected chi connectivity index (χ2v) is 13.5. The van der Waals surface area contributed by atoms with Gasteiger partial charge >= 0.3 is 6.18 Å². The van der Waals surface area contributed by atoms with Gasteiger partial charge in [0, 0.05) is 17.1 Å². The van der Waals surface area contributed by atoms with Gasteiger partial charge in [-0.05, 0) is 60.2 Å². The average molecular weight is 728 g/mol. The van der Waals surface area contributed by atoms with Crippen molar-refractivity contribution in [3.63, 3.8) is 0 Å². The number of fused-ring (bicyclic) bond motifs is 4. The Kier molecular flexibility index (Phi) is 8.18. The van der Waals surface area contributed by atoms with Gasteiger partial charge in [-0.2, -0.15) is 18.2 Å². The van der Waals surface area contributed by atoms with Gasteiger partial charge in [0.1, 0.15) is 0 Å². The Hall–Kier alpha value is -4.88. The van der Waals surface area contributed by atoms with E-state index in [0.29, 0.717) is 34.0 Å². The summed E-state index contributed by atoms with van der Waals surface area (Å²) >= 11 is 12.5. The molecular formula is C35H27Cl2F3N4O6. The average Bonchev–Trinajstić information content (AvgIpc) is 3.49. The van der Waals surface area contributed by atoms with E-state index in [1.54, 1.807) is 48.6 Å². The summed E-state index contributed by atoms with van der Waals surface area (Å²) in [5, 5.41) is 13.2. The number of carbonyl (C=O) groups is 4. The fourth-order valence-electron chi connectivity index (χ4n) is 7.95. The number of phenolic OH excluding ortho intramolecular Hbond substituents is 1. The molecule has 0 bridgehead atoms. The zero-order valence-electron chi connectivity index (χ0n) is 26.0. The zero-order valence-corrected chi connectivity index (χ0v) is 27.5. The van der Waals surface area contributed by atoms with Crippen molar-refractivity contribution in [3.8, 4) is 11.5 Å². The predicted molar refractivity (Wildman–Crippen MR) is 174 cm³/mol. The highest BCUT2D eigenvalue weighted by Gasteiger charge is 2.69. The monoisotopic (exact) mass is 726 g/mol. The number of aromatic nitrogens is 1. The van der Waals surface area contributed by atoms with Crippen molar-refractivity contribution < 1.29 is 42.2 Å². The number of ether oxygens (including phenoxy) is 1. The number of hydrogen-bond donors (Lipinski definition) is 3. The van der Waals surface area contributed by atoms with Crippen LogP contribution in [0, 0.1) is 29.6 Å². The molecule has 0 spiro atoms. The van der Waals surface area contributed by atoms with Crippen LogP contribution in [0.25, 0.3) is 6.08 Å². The number of nitrogens with one attached hydrogen (secondary N) is 2. The standard InChI is InChI=1S/C35H27Cl2F3N4O6/c1-50-27-12-16(3-11-26(27)45)2-10-23-20-8-9-21-28(31(47)42-30(21)46)22(20)14-24-32(48)44(33(49)34(23,24)17-4-6-19(36)7-5-17)43-29-25(37)13-18(15-41-29)35(38,39)40/h2-8,10-13,15,21-24,28,45H,9,14H2,1H3,(H,41,43)(H,42,46,47). The van der Waals surface area contributed by atoms with Crippen molar-refractivity contribution in [3.05, 3.63) is 99.2 Å². The van der Waals surface area contributed by atoms with Crippen LogP contribution < -0.4 is 15.5 Å². The largest absolute Gasteiger partial charge is 0.504 e. The number of methoxy groups -OCH3 is 1. The summed E-state index contributed by atoms with van der Waals surface area (Å²) < 4.78 is 45.3. The third-order valence-electron chi connectivity index (χ3n) is 10.1. The Morgan fingerprint density at radius 3 is 2.48 bits per heavy atom. The molecule has 2 saturated heterocycles. The Bertz CT molecular complexity index is 2020. The van der Waals surface area contributed by atoms with E-state index in [4.69, 9.17) is 27.9 Å². The van der Waals surface area contributed by atoms with Crippen LogP contribution in [0.5, 0.6) is 11.5 Å². The molecular weight excluding hydrogens is 700 g/mol. The molecule has 3 aromatic rings. The number of phenols is 1. The molecule has 4 aliphatic rings. The van der Waals surface area contributed by atoms with E-state index in [-0.39, 0.29) is 30.2 Å². The molecule has 6 unspecified atom stereocenters. The maximum atomic E-state index is 15.0. The summed E-state index contributed by atoms with van der Waals surface area (Å²) in [5.41, 5.74) is 1.50. The lowest BCUT2D eigenvalue weighted by Gasteiger charge is -2.49. The lowest BCUT2D eigenvalue weighted by Crippen LogP contribution is -2.54. The van der Waals surface area contributed by atoms with Crippen LogP contribution in [0.2, 0.25) is 10.0 Å². The van der Waals surface area contributed by atoms with Gasteiger partial charge in [0.05, 0.1) is 40.9 Å². The van der Waals surface area contributed by atoms with Crippen molar-refractivity contribution in [2.24, 2.45) is 29.6 Å². The molecule has 50 heavy (non-hydrogen) atoms. The van der Waals surface area contributed by atoms with Crippen molar-refractivity contribution in [1.82, 2.24) is 15.3 Å². The minimum atomic E-state index is -4.74. The number of hydrogen-bond acceptors (Lipinski definition) is 8. The van der Waals surface area contributed by atoms with E-state index in [9.17, 15) is 37.5 Å². The predicted octanol–water partition coefficient (Wildman–Crippen LogP) is 5.94. The number of carbonyl (C=O) groups excluding carboxylic acids is 4. The molecule has 15 heteroatoms. The van der Waals surface area contributed by atoms with E-state index >= 15 is 0 Å². The van der Waals surface area contributed by atoms with Crippen LogP contribution in [0.15, 0.2) is 72.5 Å². The summed E-state index contributed by atoms with van der Waals surface area (Å²) in [6.45, 7) is 0. The molecule has 3 fully saturated rings. The summed E-state index contributed by atoms with van der Waals surface area (Å²) in [6, 6.07) is 11.7. The number of alkyl halides is 3. The molecule has 2 aliphatic heterocycles. The quantitative estimate of drug-likeness (QED) is 0.210. The van der Waals surface area contributed by atoms with Crippen LogP contribution in [-0.2, 0) is 30.8 Å². The van der Waals surface area contributed by atoms with Gasteiger partial charge in [0.25, 0.3) is 11.8 Å². The number of nitrogens with zero attached hydrogens (tertiary/aromatic N) is 2. The summed E-state index contributed by atoms with van der Waals surface area (Å²) in [4.78, 5) is 59.3. The molecule has 3 heterocycles. The number of halogens is 5. The summed E-state index contributed by atoms with van der Waals surface area (Å²) in [7, 11) is 1.40. The highest BCUT2D eigenvalue weighted by atomic mass is 35.5. The molecule has 3 N–H and O–H groups in total. The maximum absolute atomic E-state index is 15.0. The van der Waals surface area contributed by atoms with E-state index in [1.165, 1.54) is 13.2 Å². The number of allylic oxidation sites excluding steroid dienone is 3. The lowest BCUT2D eigenvalue weighted by molar-refractivity contribution is -0.139. The number of hydrazine groups is 1. The van der Waals surface area contributed by atoms with Crippen LogP contribution >= 0.6 is 23.2 Å². The van der Waals surface area contributed by atoms with Crippen LogP contribution in [-0.4, -0.2) is 45.8 Å². The first-order chi connectivity index (χ1) is 23.7. The third-order valence-corrected chi connectivity index (χ3v) is 10.7. The molecule has 1 saturated carbocycles. The number of rotatable bonds is 6. The van der Waals surface area contributed by atoms with E-state index in [0.717, 1.165) is 5.01 Å². The van der Waals surface area contributed by atoms with Crippen molar-refractivity contribution in [2.75, 3.05) is 12.5 Å². The number of benzene rings is 2. The van der Waals surface area contributed by atoms with Crippen molar-refractivity contribution in [1.29, 1.82) is 0 Å². The molecule has 2 aromatic carbocycles. The Morgan fingerprint density at radius 1 is 1.06 bits per heavy atom. The van der Waals surface area contributed by atoms with Gasteiger partial charge in [-0.3, -0.25) is 29.9 Å². The molecule has 1 aromatic heterocycles. The first kappa shape index (κ1) is 33.6. The minimum absolute atomic E-state index is 0.00459. The number of aromatic hydroxyl groups is 1. The Balaban J connectivity index is 1.41. The molecule has 10 nitrogen and oxygen atoms in total. The number of amides is 4.